The summed E-state index contributed by atoms with van der Waals surface area (Å²) < 4.78 is 12.6. The Balaban J connectivity index is 1.63. The summed E-state index contributed by atoms with van der Waals surface area (Å²) in [6.45, 7) is 1.32. The zero-order valence-electron chi connectivity index (χ0n) is 18.7. The highest BCUT2D eigenvalue weighted by molar-refractivity contribution is 6.30. The van der Waals surface area contributed by atoms with E-state index in [2.05, 4.69) is 0 Å². The molecule has 0 bridgehead atoms. The maximum absolute atomic E-state index is 12.2. The summed E-state index contributed by atoms with van der Waals surface area (Å²) in [5, 5.41) is 24.1. The fourth-order valence-corrected chi connectivity index (χ4v) is 5.47. The Morgan fingerprint density at radius 2 is 1.79 bits per heavy atom. The van der Waals surface area contributed by atoms with Crippen molar-refractivity contribution in [2.45, 2.75) is 29.6 Å². The molecule has 6 heteroatoms. The summed E-state index contributed by atoms with van der Waals surface area (Å²) in [5.41, 5.74) is -0.492. The molecule has 3 aromatic carbocycles. The fourth-order valence-electron chi connectivity index (χ4n) is 5.35. The van der Waals surface area contributed by atoms with E-state index in [-0.39, 0.29) is 5.92 Å². The number of nitrogens with zero attached hydrogens (tertiary/aromatic N) is 1. The van der Waals surface area contributed by atoms with Crippen LogP contribution in [0.25, 0.3) is 0 Å². The van der Waals surface area contributed by atoms with Gasteiger partial charge < -0.3 is 24.6 Å². The van der Waals surface area contributed by atoms with Crippen LogP contribution in [0, 0.1) is 0 Å². The fraction of sp³-hybridized carbons (Fsp3) is 0.333. The number of ether oxygens (including phenoxy) is 2. The normalized spacial score (nSPS) is 27.8. The predicted molar refractivity (Wildman–Crippen MR) is 128 cm³/mol. The van der Waals surface area contributed by atoms with Crippen molar-refractivity contribution < 1.29 is 19.7 Å². The SMILES string of the molecule is CN(C)CCOc1ccc2c(c1)O[C@]1(c3ccc(Cl)cc3)[C@@H](c3ccccc3)C[C@H](O)[C@]21O. The van der Waals surface area contributed by atoms with Crippen LogP contribution >= 0.6 is 11.6 Å². The molecule has 5 nitrogen and oxygen atoms in total. The number of aliphatic hydroxyl groups excluding tert-OH is 1. The summed E-state index contributed by atoms with van der Waals surface area (Å²) in [4.78, 5) is 2.05. The van der Waals surface area contributed by atoms with Gasteiger partial charge in [0.05, 0.1) is 6.10 Å². The first-order valence-electron chi connectivity index (χ1n) is 11.2. The second kappa shape index (κ2) is 8.33. The van der Waals surface area contributed by atoms with Gasteiger partial charge in [-0.25, -0.2) is 0 Å². The summed E-state index contributed by atoms with van der Waals surface area (Å²) in [6, 6.07) is 22.7. The maximum atomic E-state index is 12.2. The molecular weight excluding hydrogens is 438 g/mol. The molecule has 0 aromatic heterocycles. The topological polar surface area (TPSA) is 62.2 Å². The highest BCUT2D eigenvalue weighted by atomic mass is 35.5. The Hall–Kier alpha value is -2.57. The first kappa shape index (κ1) is 22.2. The van der Waals surface area contributed by atoms with Crippen molar-refractivity contribution in [2.75, 3.05) is 27.2 Å². The van der Waals surface area contributed by atoms with Crippen molar-refractivity contribution >= 4 is 11.6 Å². The molecule has 0 unspecified atom stereocenters. The van der Waals surface area contributed by atoms with Crippen LogP contribution in [0.15, 0.2) is 72.8 Å². The minimum absolute atomic E-state index is 0.273. The van der Waals surface area contributed by atoms with E-state index in [0.29, 0.717) is 35.1 Å². The lowest BCUT2D eigenvalue weighted by Gasteiger charge is -2.40. The van der Waals surface area contributed by atoms with Crippen LogP contribution in [0.2, 0.25) is 5.02 Å². The number of benzene rings is 3. The molecule has 172 valence electrons. The van der Waals surface area contributed by atoms with Crippen LogP contribution in [0.1, 0.15) is 29.0 Å². The number of halogens is 1. The molecule has 4 atom stereocenters. The van der Waals surface area contributed by atoms with E-state index in [1.807, 2.05) is 79.7 Å². The maximum Gasteiger partial charge on any atom is 0.176 e. The van der Waals surface area contributed by atoms with E-state index >= 15 is 0 Å². The van der Waals surface area contributed by atoms with Crippen molar-refractivity contribution in [1.29, 1.82) is 0 Å². The molecule has 2 aliphatic rings. The molecule has 0 amide bonds. The highest BCUT2D eigenvalue weighted by Gasteiger charge is 2.72. The predicted octanol–water partition coefficient (Wildman–Crippen LogP) is 4.30. The smallest absolute Gasteiger partial charge is 0.176 e. The minimum Gasteiger partial charge on any atom is -0.492 e. The molecule has 1 heterocycles. The van der Waals surface area contributed by atoms with E-state index in [0.717, 1.165) is 17.7 Å². The standard InChI is InChI=1S/C27H28ClNO4/c1-29(2)14-15-32-21-12-13-22-24(16-21)33-27(19-8-10-20(28)11-9-19)23(17-25(30)26(22,27)31)18-6-4-3-5-7-18/h3-13,16,23,25,30-31H,14-15,17H2,1-2H3/t23-,25+,26-,27-/m1/s1. The molecular formula is C27H28ClNO4. The zero-order chi connectivity index (χ0) is 23.2. The van der Waals surface area contributed by atoms with Gasteiger partial charge in [0.15, 0.2) is 11.2 Å². The molecule has 33 heavy (non-hydrogen) atoms. The molecule has 1 aliphatic carbocycles. The average molecular weight is 466 g/mol. The highest BCUT2D eigenvalue weighted by Crippen LogP contribution is 2.66. The molecule has 5 rings (SSSR count). The monoisotopic (exact) mass is 465 g/mol. The third kappa shape index (κ3) is 3.42. The van der Waals surface area contributed by atoms with Crippen molar-refractivity contribution in [3.05, 3.63) is 94.5 Å². The first-order valence-corrected chi connectivity index (χ1v) is 11.6. The van der Waals surface area contributed by atoms with Crippen molar-refractivity contribution in [3.63, 3.8) is 0 Å². The van der Waals surface area contributed by atoms with Crippen molar-refractivity contribution in [1.82, 2.24) is 4.90 Å². The lowest BCUT2D eigenvalue weighted by molar-refractivity contribution is -0.149. The van der Waals surface area contributed by atoms with E-state index in [1.54, 1.807) is 12.1 Å². The molecule has 1 fully saturated rings. The molecule has 1 aliphatic heterocycles. The van der Waals surface area contributed by atoms with E-state index in [4.69, 9.17) is 21.1 Å². The number of aliphatic hydroxyl groups is 2. The Kier molecular flexibility index (Phi) is 5.61. The van der Waals surface area contributed by atoms with Gasteiger partial charge in [-0.15, -0.1) is 0 Å². The second-order valence-corrected chi connectivity index (χ2v) is 9.57. The number of rotatable bonds is 6. The molecule has 0 saturated heterocycles. The van der Waals surface area contributed by atoms with Gasteiger partial charge in [0, 0.05) is 29.1 Å². The van der Waals surface area contributed by atoms with Crippen molar-refractivity contribution in [3.8, 4) is 11.5 Å². The van der Waals surface area contributed by atoms with Gasteiger partial charge in [-0.2, -0.15) is 0 Å². The Labute approximate surface area is 199 Å². The van der Waals surface area contributed by atoms with Gasteiger partial charge in [0.2, 0.25) is 0 Å². The summed E-state index contributed by atoms with van der Waals surface area (Å²) in [5.74, 6) is 0.913. The quantitative estimate of drug-likeness (QED) is 0.568. The summed E-state index contributed by atoms with van der Waals surface area (Å²) in [6.07, 6.45) is -0.649. The molecule has 0 spiro atoms. The third-order valence-corrected chi connectivity index (χ3v) is 7.17. The van der Waals surface area contributed by atoms with Crippen LogP contribution < -0.4 is 9.47 Å². The lowest BCUT2D eigenvalue weighted by Crippen LogP contribution is -2.51. The Morgan fingerprint density at radius 1 is 1.06 bits per heavy atom. The van der Waals surface area contributed by atoms with Gasteiger partial charge in [-0.3, -0.25) is 0 Å². The van der Waals surface area contributed by atoms with Gasteiger partial charge >= 0.3 is 0 Å². The second-order valence-electron chi connectivity index (χ2n) is 9.14. The molecule has 3 aromatic rings. The lowest BCUT2D eigenvalue weighted by atomic mass is 9.71. The summed E-state index contributed by atoms with van der Waals surface area (Å²) in [7, 11) is 3.99. The van der Waals surface area contributed by atoms with Crippen molar-refractivity contribution in [2.24, 2.45) is 0 Å². The summed E-state index contributed by atoms with van der Waals surface area (Å²) >= 11 is 6.18. The van der Waals surface area contributed by atoms with E-state index in [1.165, 1.54) is 0 Å². The van der Waals surface area contributed by atoms with Crippen LogP contribution in [0.5, 0.6) is 11.5 Å². The molecule has 0 radical (unpaired) electrons. The van der Waals surface area contributed by atoms with Crippen LogP contribution in [-0.2, 0) is 11.2 Å². The number of hydrogen-bond acceptors (Lipinski definition) is 5. The van der Waals surface area contributed by atoms with Crippen LogP contribution in [0.4, 0.5) is 0 Å². The molecule has 1 saturated carbocycles. The Bertz CT molecular complexity index is 1140. The third-order valence-electron chi connectivity index (χ3n) is 6.92. The number of fused-ring (bicyclic) bond motifs is 3. The van der Waals surface area contributed by atoms with Crippen LogP contribution in [0.3, 0.4) is 0 Å². The van der Waals surface area contributed by atoms with E-state index in [9.17, 15) is 10.2 Å². The van der Waals surface area contributed by atoms with E-state index < -0.39 is 17.3 Å². The first-order chi connectivity index (χ1) is 15.9. The zero-order valence-corrected chi connectivity index (χ0v) is 19.5. The van der Waals surface area contributed by atoms with Crippen LogP contribution in [-0.4, -0.2) is 48.5 Å². The minimum atomic E-state index is -1.63. The molecule has 2 N–H and O–H groups in total. The van der Waals surface area contributed by atoms with Gasteiger partial charge in [-0.05, 0) is 55.9 Å². The van der Waals surface area contributed by atoms with Gasteiger partial charge in [0.25, 0.3) is 0 Å². The largest absolute Gasteiger partial charge is 0.492 e. The van der Waals surface area contributed by atoms with Gasteiger partial charge in [-0.1, -0.05) is 54.1 Å². The Morgan fingerprint density at radius 3 is 2.48 bits per heavy atom. The number of likely N-dealkylation sites (N-methyl/N-ethyl adjacent to an activating group) is 1. The van der Waals surface area contributed by atoms with Gasteiger partial charge in [0.1, 0.15) is 18.1 Å². The number of hydrogen-bond donors (Lipinski definition) is 2. The average Bonchev–Trinajstić information content (AvgIpc) is 3.20.